The number of aromatic carboxylic acids is 1. The first-order valence-corrected chi connectivity index (χ1v) is 13.5. The number of carboxylic acid groups (broad SMARTS) is 1. The zero-order valence-corrected chi connectivity index (χ0v) is 21.8. The Bertz CT molecular complexity index is 1790. The normalized spacial score (nSPS) is 16.6. The van der Waals surface area contributed by atoms with Gasteiger partial charge in [0.25, 0.3) is 0 Å². The van der Waals surface area contributed by atoms with Crippen LogP contribution in [0.2, 0.25) is 5.02 Å². The van der Waals surface area contributed by atoms with Gasteiger partial charge in [-0.05, 0) is 85.8 Å². The zero-order chi connectivity index (χ0) is 26.7. The van der Waals surface area contributed by atoms with Gasteiger partial charge in [-0.15, -0.1) is 10.2 Å². The summed E-state index contributed by atoms with van der Waals surface area (Å²) in [6.07, 6.45) is 6.01. The van der Waals surface area contributed by atoms with Gasteiger partial charge in [-0.2, -0.15) is 0 Å². The van der Waals surface area contributed by atoms with Crippen molar-refractivity contribution < 1.29 is 14.3 Å². The van der Waals surface area contributed by atoms with Crippen LogP contribution >= 0.6 is 11.6 Å². The molecule has 9 heteroatoms. The van der Waals surface area contributed by atoms with Crippen molar-refractivity contribution >= 4 is 28.6 Å². The first-order chi connectivity index (χ1) is 18.9. The first-order valence-electron chi connectivity index (χ1n) is 13.2. The molecule has 0 atom stereocenters. The molecule has 8 nitrogen and oxygen atoms in total. The molecule has 7 rings (SSSR count). The fourth-order valence-electron chi connectivity index (χ4n) is 5.98. The van der Waals surface area contributed by atoms with Gasteiger partial charge in [0.2, 0.25) is 11.8 Å². The Balaban J connectivity index is 1.32. The molecule has 2 fully saturated rings. The Kier molecular flexibility index (Phi) is 5.49. The van der Waals surface area contributed by atoms with Crippen molar-refractivity contribution in [2.45, 2.75) is 50.0 Å². The number of rotatable bonds is 6. The standard InChI is InChI=1S/C30H25ClN4O4/c31-22-10-13-24-25(17-22)34(29(38)35(24)30(14-15-30)21-7-3-6-20(16-21)28(36)37)23-11-8-19(9-12-23)27-33-32-26(39-27)18-4-1-2-5-18/h3,6-13,16-18H,1-2,4-5,14-15H2,(H,36,37). The van der Waals surface area contributed by atoms with E-state index >= 15 is 0 Å². The molecule has 0 amide bonds. The highest BCUT2D eigenvalue weighted by atomic mass is 35.5. The summed E-state index contributed by atoms with van der Waals surface area (Å²) in [5.41, 5.74) is 3.08. The summed E-state index contributed by atoms with van der Waals surface area (Å²) in [5.74, 6) is 0.510. The highest BCUT2D eigenvalue weighted by molar-refractivity contribution is 6.31. The number of benzene rings is 3. The van der Waals surface area contributed by atoms with Gasteiger partial charge < -0.3 is 9.52 Å². The SMILES string of the molecule is O=C(O)c1cccc(C2(n3c(=O)n(-c4ccc(-c5nnc(C6CCCC6)o5)cc4)c4cc(Cl)ccc43)CC2)c1. The predicted molar refractivity (Wildman–Crippen MR) is 147 cm³/mol. The van der Waals surface area contributed by atoms with Crippen LogP contribution in [0.4, 0.5) is 0 Å². The van der Waals surface area contributed by atoms with Crippen LogP contribution in [0.3, 0.4) is 0 Å². The highest BCUT2D eigenvalue weighted by Gasteiger charge is 2.49. The second-order valence-corrected chi connectivity index (χ2v) is 10.9. The molecule has 196 valence electrons. The molecule has 39 heavy (non-hydrogen) atoms. The molecule has 3 aromatic carbocycles. The lowest BCUT2D eigenvalue weighted by Crippen LogP contribution is -2.32. The molecular weight excluding hydrogens is 516 g/mol. The van der Waals surface area contributed by atoms with Crippen LogP contribution in [0, 0.1) is 0 Å². The summed E-state index contributed by atoms with van der Waals surface area (Å²) in [6, 6.07) is 19.8. The summed E-state index contributed by atoms with van der Waals surface area (Å²) < 4.78 is 9.44. The molecular formula is C30H25ClN4O4. The quantitative estimate of drug-likeness (QED) is 0.268. The topological polar surface area (TPSA) is 103 Å². The van der Waals surface area contributed by atoms with Crippen LogP contribution < -0.4 is 5.69 Å². The Morgan fingerprint density at radius 1 is 0.974 bits per heavy atom. The van der Waals surface area contributed by atoms with Gasteiger partial charge in [0.05, 0.1) is 27.8 Å². The minimum atomic E-state index is -0.995. The lowest BCUT2D eigenvalue weighted by Gasteiger charge is -2.18. The number of hydrogen-bond donors (Lipinski definition) is 1. The van der Waals surface area contributed by atoms with E-state index in [0.717, 1.165) is 42.3 Å². The minimum Gasteiger partial charge on any atom is -0.478 e. The molecule has 0 radical (unpaired) electrons. The monoisotopic (exact) mass is 540 g/mol. The molecule has 1 N–H and O–H groups in total. The molecule has 0 saturated heterocycles. The molecule has 2 aromatic heterocycles. The van der Waals surface area contributed by atoms with Gasteiger partial charge in [0.1, 0.15) is 0 Å². The van der Waals surface area contributed by atoms with Gasteiger partial charge in [-0.3, -0.25) is 9.13 Å². The van der Waals surface area contributed by atoms with Crippen LogP contribution in [-0.4, -0.2) is 30.4 Å². The first kappa shape index (κ1) is 23.9. The smallest absolute Gasteiger partial charge is 0.335 e. The van der Waals surface area contributed by atoms with Gasteiger partial charge in [-0.25, -0.2) is 9.59 Å². The Hall–Kier alpha value is -4.17. The molecule has 2 saturated carbocycles. The van der Waals surface area contributed by atoms with E-state index in [2.05, 4.69) is 10.2 Å². The summed E-state index contributed by atoms with van der Waals surface area (Å²) in [6.45, 7) is 0. The molecule has 0 bridgehead atoms. The van der Waals surface area contributed by atoms with Crippen molar-refractivity contribution in [3.8, 4) is 17.1 Å². The molecule has 0 spiro atoms. The average molecular weight is 541 g/mol. The molecule has 5 aromatic rings. The summed E-state index contributed by atoms with van der Waals surface area (Å²) >= 11 is 6.39. The molecule has 2 aliphatic carbocycles. The van der Waals surface area contributed by atoms with Crippen molar-refractivity contribution in [1.82, 2.24) is 19.3 Å². The summed E-state index contributed by atoms with van der Waals surface area (Å²) in [5, 5.41) is 18.6. The number of nitrogens with zero attached hydrogens (tertiary/aromatic N) is 4. The largest absolute Gasteiger partial charge is 0.478 e. The number of fused-ring (bicyclic) bond motifs is 1. The van der Waals surface area contributed by atoms with Crippen LogP contribution in [0.1, 0.15) is 66.3 Å². The number of carboxylic acids is 1. The van der Waals surface area contributed by atoms with E-state index < -0.39 is 11.5 Å². The van der Waals surface area contributed by atoms with Gasteiger partial charge in [0, 0.05) is 16.5 Å². The predicted octanol–water partition coefficient (Wildman–Crippen LogP) is 6.39. The molecule has 2 heterocycles. The third-order valence-corrected chi connectivity index (χ3v) is 8.35. The highest BCUT2D eigenvalue weighted by Crippen LogP contribution is 2.50. The van der Waals surface area contributed by atoms with E-state index in [1.165, 1.54) is 12.8 Å². The number of imidazole rings is 1. The number of halogens is 1. The van der Waals surface area contributed by atoms with E-state index in [4.69, 9.17) is 16.0 Å². The lowest BCUT2D eigenvalue weighted by atomic mass is 10.0. The summed E-state index contributed by atoms with van der Waals surface area (Å²) in [7, 11) is 0. The second kappa shape index (κ2) is 8.95. The fraction of sp³-hybridized carbons (Fsp3) is 0.267. The van der Waals surface area contributed by atoms with E-state index in [1.807, 2.05) is 36.4 Å². The van der Waals surface area contributed by atoms with Gasteiger partial charge in [0.15, 0.2) is 0 Å². The van der Waals surface area contributed by atoms with Gasteiger partial charge in [-0.1, -0.05) is 36.6 Å². The number of carbonyl (C=O) groups is 1. The van der Waals surface area contributed by atoms with E-state index in [0.29, 0.717) is 33.9 Å². The molecule has 0 aliphatic heterocycles. The fourth-order valence-corrected chi connectivity index (χ4v) is 6.14. The van der Waals surface area contributed by atoms with Crippen molar-refractivity contribution in [3.63, 3.8) is 0 Å². The summed E-state index contributed by atoms with van der Waals surface area (Å²) in [4.78, 5) is 25.7. The van der Waals surface area contributed by atoms with Gasteiger partial charge >= 0.3 is 11.7 Å². The third kappa shape index (κ3) is 3.89. The van der Waals surface area contributed by atoms with Crippen LogP contribution in [0.15, 0.2) is 75.9 Å². The van der Waals surface area contributed by atoms with Crippen molar-refractivity contribution in [1.29, 1.82) is 0 Å². The van der Waals surface area contributed by atoms with E-state index in [1.54, 1.807) is 39.5 Å². The number of aromatic nitrogens is 4. The van der Waals surface area contributed by atoms with Crippen LogP contribution in [0.25, 0.3) is 28.2 Å². The van der Waals surface area contributed by atoms with Crippen LogP contribution in [0.5, 0.6) is 0 Å². The third-order valence-electron chi connectivity index (χ3n) is 8.12. The van der Waals surface area contributed by atoms with Crippen molar-refractivity contribution in [3.05, 3.63) is 99.3 Å². The van der Waals surface area contributed by atoms with Crippen LogP contribution in [-0.2, 0) is 5.54 Å². The van der Waals surface area contributed by atoms with Crippen molar-refractivity contribution in [2.24, 2.45) is 0 Å². The molecule has 2 aliphatic rings. The maximum atomic E-state index is 14.1. The Morgan fingerprint density at radius 2 is 1.74 bits per heavy atom. The number of hydrogen-bond acceptors (Lipinski definition) is 5. The second-order valence-electron chi connectivity index (χ2n) is 10.5. The average Bonchev–Trinajstić information content (AvgIpc) is 3.27. The lowest BCUT2D eigenvalue weighted by molar-refractivity contribution is 0.0696. The maximum absolute atomic E-state index is 14.1. The Labute approximate surface area is 228 Å². The van der Waals surface area contributed by atoms with Crippen molar-refractivity contribution in [2.75, 3.05) is 0 Å². The molecule has 0 unspecified atom stereocenters. The van der Waals surface area contributed by atoms with E-state index in [-0.39, 0.29) is 11.3 Å². The minimum absolute atomic E-state index is 0.200. The van der Waals surface area contributed by atoms with E-state index in [9.17, 15) is 14.7 Å². The zero-order valence-electron chi connectivity index (χ0n) is 21.0. The Morgan fingerprint density at radius 3 is 2.46 bits per heavy atom. The maximum Gasteiger partial charge on any atom is 0.335 e.